The van der Waals surface area contributed by atoms with E-state index >= 15 is 0 Å². The standard InChI is InChI=1S/C16H13Cl2NO2/c1-9-12(18)3-2-4-13(9)19-16(20)15-8-10-7-11(17)5-6-14(10)21-15/h2-7,15H,8H2,1H3,(H,19,20). The van der Waals surface area contributed by atoms with Gasteiger partial charge in [0.25, 0.3) is 5.91 Å². The van der Waals surface area contributed by atoms with Crippen LogP contribution >= 0.6 is 23.2 Å². The topological polar surface area (TPSA) is 38.3 Å². The summed E-state index contributed by atoms with van der Waals surface area (Å²) in [7, 11) is 0. The molecular weight excluding hydrogens is 309 g/mol. The van der Waals surface area contributed by atoms with Crippen molar-refractivity contribution in [3.05, 3.63) is 57.6 Å². The number of nitrogens with one attached hydrogen (secondary N) is 1. The van der Waals surface area contributed by atoms with Crippen LogP contribution in [0.4, 0.5) is 5.69 Å². The summed E-state index contributed by atoms with van der Waals surface area (Å²) in [6, 6.07) is 10.8. The van der Waals surface area contributed by atoms with E-state index in [9.17, 15) is 4.79 Å². The van der Waals surface area contributed by atoms with Crippen LogP contribution < -0.4 is 10.1 Å². The van der Waals surface area contributed by atoms with Gasteiger partial charge < -0.3 is 10.1 Å². The molecule has 1 heterocycles. The number of hydrogen-bond acceptors (Lipinski definition) is 2. The quantitative estimate of drug-likeness (QED) is 0.898. The van der Waals surface area contributed by atoms with E-state index in [4.69, 9.17) is 27.9 Å². The molecule has 1 aliphatic heterocycles. The number of rotatable bonds is 2. The summed E-state index contributed by atoms with van der Waals surface area (Å²) in [5.41, 5.74) is 2.49. The number of hydrogen-bond donors (Lipinski definition) is 1. The van der Waals surface area contributed by atoms with Gasteiger partial charge in [-0.1, -0.05) is 29.3 Å². The summed E-state index contributed by atoms with van der Waals surface area (Å²) in [6.07, 6.45) is -0.0294. The average molecular weight is 322 g/mol. The molecule has 1 unspecified atom stereocenters. The van der Waals surface area contributed by atoms with E-state index in [0.29, 0.717) is 27.9 Å². The molecule has 1 amide bonds. The highest BCUT2D eigenvalue weighted by Crippen LogP contribution is 2.32. The molecule has 3 rings (SSSR count). The summed E-state index contributed by atoms with van der Waals surface area (Å²) in [6.45, 7) is 1.86. The molecule has 2 aromatic rings. The van der Waals surface area contributed by atoms with Gasteiger partial charge in [0.2, 0.25) is 0 Å². The van der Waals surface area contributed by atoms with E-state index in [1.165, 1.54) is 0 Å². The first kappa shape index (κ1) is 14.2. The number of halogens is 2. The molecule has 108 valence electrons. The van der Waals surface area contributed by atoms with E-state index in [1.807, 2.05) is 19.1 Å². The minimum atomic E-state index is -0.545. The van der Waals surface area contributed by atoms with Crippen molar-refractivity contribution in [1.82, 2.24) is 0 Å². The van der Waals surface area contributed by atoms with Gasteiger partial charge in [0.05, 0.1) is 0 Å². The van der Waals surface area contributed by atoms with Gasteiger partial charge in [0.15, 0.2) is 6.10 Å². The van der Waals surface area contributed by atoms with E-state index < -0.39 is 6.10 Å². The molecule has 0 bridgehead atoms. The zero-order valence-corrected chi connectivity index (χ0v) is 12.8. The van der Waals surface area contributed by atoms with Crippen LogP contribution in [0.25, 0.3) is 0 Å². The highest BCUT2D eigenvalue weighted by molar-refractivity contribution is 6.31. The van der Waals surface area contributed by atoms with Gasteiger partial charge >= 0.3 is 0 Å². The second-order valence-corrected chi connectivity index (χ2v) is 5.81. The maximum atomic E-state index is 12.3. The monoisotopic (exact) mass is 321 g/mol. The third-order valence-corrected chi connectivity index (χ3v) is 4.16. The molecule has 0 aromatic heterocycles. The van der Waals surface area contributed by atoms with Gasteiger partial charge in [-0.2, -0.15) is 0 Å². The fraction of sp³-hybridized carbons (Fsp3) is 0.188. The highest BCUT2D eigenvalue weighted by atomic mass is 35.5. The predicted molar refractivity (Wildman–Crippen MR) is 84.4 cm³/mol. The number of carbonyl (C=O) groups excluding carboxylic acids is 1. The molecule has 1 atom stereocenters. The second kappa shape index (κ2) is 5.58. The fourth-order valence-electron chi connectivity index (χ4n) is 2.32. The number of fused-ring (bicyclic) bond motifs is 1. The van der Waals surface area contributed by atoms with Crippen molar-refractivity contribution in [3.63, 3.8) is 0 Å². The van der Waals surface area contributed by atoms with Gasteiger partial charge in [0.1, 0.15) is 5.75 Å². The normalized spacial score (nSPS) is 16.2. The Labute approximate surface area is 132 Å². The Kier molecular flexibility index (Phi) is 3.79. The van der Waals surface area contributed by atoms with Crippen molar-refractivity contribution < 1.29 is 9.53 Å². The van der Waals surface area contributed by atoms with Crippen LogP contribution in [-0.4, -0.2) is 12.0 Å². The van der Waals surface area contributed by atoms with Crippen molar-refractivity contribution in [2.45, 2.75) is 19.4 Å². The number of benzene rings is 2. The van der Waals surface area contributed by atoms with Crippen LogP contribution in [0.1, 0.15) is 11.1 Å². The van der Waals surface area contributed by atoms with Gasteiger partial charge in [0, 0.05) is 22.2 Å². The minimum absolute atomic E-state index is 0.187. The fourth-order valence-corrected chi connectivity index (χ4v) is 2.69. The molecule has 21 heavy (non-hydrogen) atoms. The van der Waals surface area contributed by atoms with E-state index in [2.05, 4.69) is 5.32 Å². The maximum absolute atomic E-state index is 12.3. The zero-order valence-electron chi connectivity index (χ0n) is 11.3. The molecule has 0 spiro atoms. The van der Waals surface area contributed by atoms with Crippen molar-refractivity contribution in [1.29, 1.82) is 0 Å². The van der Waals surface area contributed by atoms with E-state index in [0.717, 1.165) is 11.1 Å². The third kappa shape index (κ3) is 2.85. The summed E-state index contributed by atoms with van der Waals surface area (Å²) in [5.74, 6) is 0.523. The lowest BCUT2D eigenvalue weighted by Crippen LogP contribution is -2.31. The number of amides is 1. The SMILES string of the molecule is Cc1c(Cl)cccc1NC(=O)C1Cc2cc(Cl)ccc2O1. The van der Waals surface area contributed by atoms with E-state index in [1.54, 1.807) is 24.3 Å². The van der Waals surface area contributed by atoms with Crippen molar-refractivity contribution in [2.75, 3.05) is 5.32 Å². The van der Waals surface area contributed by atoms with E-state index in [-0.39, 0.29) is 5.91 Å². The summed E-state index contributed by atoms with van der Waals surface area (Å²) >= 11 is 12.0. The predicted octanol–water partition coefficient (Wildman–Crippen LogP) is 4.24. The number of ether oxygens (including phenoxy) is 1. The molecule has 0 radical (unpaired) electrons. The summed E-state index contributed by atoms with van der Waals surface area (Å²) in [4.78, 5) is 12.3. The van der Waals surface area contributed by atoms with Crippen molar-refractivity contribution >= 4 is 34.8 Å². The first-order chi connectivity index (χ1) is 10.0. The highest BCUT2D eigenvalue weighted by Gasteiger charge is 2.29. The zero-order chi connectivity index (χ0) is 15.0. The lowest BCUT2D eigenvalue weighted by atomic mass is 10.1. The van der Waals surface area contributed by atoms with Gasteiger partial charge in [-0.15, -0.1) is 0 Å². The van der Waals surface area contributed by atoms with Crippen LogP contribution in [0.3, 0.4) is 0 Å². The van der Waals surface area contributed by atoms with Crippen molar-refractivity contribution in [3.8, 4) is 5.75 Å². The van der Waals surface area contributed by atoms with Crippen LogP contribution in [0.5, 0.6) is 5.75 Å². The maximum Gasteiger partial charge on any atom is 0.265 e. The lowest BCUT2D eigenvalue weighted by Gasteiger charge is -2.13. The van der Waals surface area contributed by atoms with Gasteiger partial charge in [-0.05, 0) is 48.4 Å². The smallest absolute Gasteiger partial charge is 0.265 e. The molecule has 0 aliphatic carbocycles. The Morgan fingerprint density at radius 1 is 1.29 bits per heavy atom. The molecule has 1 N–H and O–H groups in total. The number of carbonyl (C=O) groups is 1. The Morgan fingerprint density at radius 2 is 2.10 bits per heavy atom. The molecule has 0 saturated carbocycles. The third-order valence-electron chi connectivity index (χ3n) is 3.52. The van der Waals surface area contributed by atoms with Crippen LogP contribution in [0.2, 0.25) is 10.0 Å². The Balaban J connectivity index is 1.75. The largest absolute Gasteiger partial charge is 0.480 e. The Hall–Kier alpha value is -1.71. The van der Waals surface area contributed by atoms with Crippen LogP contribution in [0, 0.1) is 6.92 Å². The Morgan fingerprint density at radius 3 is 2.90 bits per heavy atom. The van der Waals surface area contributed by atoms with Crippen LogP contribution in [0.15, 0.2) is 36.4 Å². The second-order valence-electron chi connectivity index (χ2n) is 4.96. The summed E-state index contributed by atoms with van der Waals surface area (Å²) < 4.78 is 5.66. The Bertz CT molecular complexity index is 715. The minimum Gasteiger partial charge on any atom is -0.480 e. The molecule has 0 fully saturated rings. The van der Waals surface area contributed by atoms with Gasteiger partial charge in [-0.3, -0.25) is 4.79 Å². The number of anilines is 1. The molecule has 1 aliphatic rings. The molecular formula is C16H13Cl2NO2. The van der Waals surface area contributed by atoms with Gasteiger partial charge in [-0.25, -0.2) is 0 Å². The van der Waals surface area contributed by atoms with Crippen molar-refractivity contribution in [2.24, 2.45) is 0 Å². The molecule has 3 nitrogen and oxygen atoms in total. The average Bonchev–Trinajstić information content (AvgIpc) is 2.87. The molecule has 2 aromatic carbocycles. The first-order valence-corrected chi connectivity index (χ1v) is 7.31. The lowest BCUT2D eigenvalue weighted by molar-refractivity contribution is -0.122. The first-order valence-electron chi connectivity index (χ1n) is 6.55. The molecule has 5 heteroatoms. The summed E-state index contributed by atoms with van der Waals surface area (Å²) in [5, 5.41) is 4.12. The van der Waals surface area contributed by atoms with Crippen LogP contribution in [-0.2, 0) is 11.2 Å². The molecule has 0 saturated heterocycles.